The van der Waals surface area contributed by atoms with Crippen LogP contribution in [0, 0.1) is 6.92 Å². The molecular formula is C22H18N2O4S. The molecule has 0 amide bonds. The topological polar surface area (TPSA) is 70.3 Å². The van der Waals surface area contributed by atoms with Gasteiger partial charge in [-0.15, -0.1) is 11.3 Å². The van der Waals surface area contributed by atoms with Crippen LogP contribution in [0.5, 0.6) is 5.75 Å². The normalized spacial score (nSPS) is 11.0. The van der Waals surface area contributed by atoms with Gasteiger partial charge in [-0.2, -0.15) is 0 Å². The van der Waals surface area contributed by atoms with Crippen molar-refractivity contribution in [3.05, 3.63) is 91.9 Å². The van der Waals surface area contributed by atoms with E-state index in [0.717, 1.165) is 9.44 Å². The van der Waals surface area contributed by atoms with Crippen LogP contribution in [0.4, 0.5) is 0 Å². The zero-order chi connectivity index (χ0) is 20.5. The van der Waals surface area contributed by atoms with E-state index in [0.29, 0.717) is 27.2 Å². The first-order chi connectivity index (χ1) is 14.0. The zero-order valence-electron chi connectivity index (χ0n) is 15.9. The number of rotatable bonds is 5. The van der Waals surface area contributed by atoms with Gasteiger partial charge in [0.25, 0.3) is 5.56 Å². The Bertz CT molecular complexity index is 1330. The summed E-state index contributed by atoms with van der Waals surface area (Å²) in [4.78, 5) is 40.6. The van der Waals surface area contributed by atoms with Crippen LogP contribution in [0.1, 0.15) is 15.2 Å². The number of aromatic nitrogens is 2. The molecule has 0 aliphatic carbocycles. The van der Waals surface area contributed by atoms with Gasteiger partial charge in [0, 0.05) is 10.4 Å². The van der Waals surface area contributed by atoms with Gasteiger partial charge in [0.2, 0.25) is 0 Å². The summed E-state index contributed by atoms with van der Waals surface area (Å²) < 4.78 is 7.68. The highest BCUT2D eigenvalue weighted by Gasteiger charge is 2.19. The molecule has 0 unspecified atom stereocenters. The first-order valence-electron chi connectivity index (χ1n) is 8.98. The summed E-state index contributed by atoms with van der Waals surface area (Å²) >= 11 is 1.33. The van der Waals surface area contributed by atoms with E-state index in [-0.39, 0.29) is 17.9 Å². The molecular weight excluding hydrogens is 388 g/mol. The number of nitrogens with zero attached hydrogens (tertiary/aromatic N) is 2. The van der Waals surface area contributed by atoms with Gasteiger partial charge in [0.15, 0.2) is 5.78 Å². The molecule has 0 saturated heterocycles. The third kappa shape index (κ3) is 3.40. The molecule has 4 rings (SSSR count). The van der Waals surface area contributed by atoms with Crippen molar-refractivity contribution in [1.29, 1.82) is 0 Å². The van der Waals surface area contributed by atoms with Crippen LogP contribution in [0.15, 0.2) is 70.3 Å². The molecule has 0 atom stereocenters. The summed E-state index contributed by atoms with van der Waals surface area (Å²) in [5, 5.41) is 0.425. The van der Waals surface area contributed by atoms with Crippen molar-refractivity contribution in [2.75, 3.05) is 7.11 Å². The van der Waals surface area contributed by atoms with E-state index in [1.54, 1.807) is 54.6 Å². The van der Waals surface area contributed by atoms with E-state index in [2.05, 4.69) is 0 Å². The van der Waals surface area contributed by atoms with E-state index in [4.69, 9.17) is 4.74 Å². The molecule has 0 aliphatic rings. The number of methoxy groups -OCH3 is 1. The number of carbonyl (C=O) groups excluding carboxylic acids is 1. The predicted molar refractivity (Wildman–Crippen MR) is 114 cm³/mol. The van der Waals surface area contributed by atoms with Gasteiger partial charge >= 0.3 is 5.69 Å². The number of benzene rings is 2. The second-order valence-electron chi connectivity index (χ2n) is 6.58. The first kappa shape index (κ1) is 18.9. The van der Waals surface area contributed by atoms with Crippen LogP contribution < -0.4 is 16.0 Å². The third-order valence-electron chi connectivity index (χ3n) is 4.64. The van der Waals surface area contributed by atoms with Gasteiger partial charge in [-0.3, -0.25) is 14.2 Å². The van der Waals surface area contributed by atoms with Crippen molar-refractivity contribution in [2.45, 2.75) is 13.5 Å². The van der Waals surface area contributed by atoms with Gasteiger partial charge in [-0.05, 0) is 37.3 Å². The summed E-state index contributed by atoms with van der Waals surface area (Å²) in [6.45, 7) is 1.70. The van der Waals surface area contributed by atoms with Crippen molar-refractivity contribution in [3.63, 3.8) is 0 Å². The van der Waals surface area contributed by atoms with Gasteiger partial charge < -0.3 is 4.74 Å². The van der Waals surface area contributed by atoms with Crippen molar-refractivity contribution < 1.29 is 9.53 Å². The molecule has 0 bridgehead atoms. The van der Waals surface area contributed by atoms with E-state index in [1.807, 2.05) is 13.0 Å². The number of carbonyl (C=O) groups is 1. The number of aryl methyl sites for hydroxylation is 1. The Labute approximate surface area is 170 Å². The maximum Gasteiger partial charge on any atom is 0.337 e. The fourth-order valence-corrected chi connectivity index (χ4v) is 4.24. The summed E-state index contributed by atoms with van der Waals surface area (Å²) in [6.07, 6.45) is 0. The Morgan fingerprint density at radius 2 is 1.79 bits per heavy atom. The van der Waals surface area contributed by atoms with Crippen LogP contribution in [0.25, 0.3) is 15.9 Å². The van der Waals surface area contributed by atoms with Crippen LogP contribution in [0.2, 0.25) is 0 Å². The van der Waals surface area contributed by atoms with Crippen LogP contribution in [-0.4, -0.2) is 22.0 Å². The van der Waals surface area contributed by atoms with E-state index in [9.17, 15) is 14.4 Å². The number of thiophene rings is 1. The highest BCUT2D eigenvalue weighted by Crippen LogP contribution is 2.22. The second-order valence-corrected chi connectivity index (χ2v) is 7.81. The molecule has 146 valence electrons. The van der Waals surface area contributed by atoms with Crippen LogP contribution >= 0.6 is 11.3 Å². The Balaban J connectivity index is 1.91. The molecule has 2 aromatic heterocycles. The number of hydrogen-bond donors (Lipinski definition) is 0. The number of Topliss-reactive ketones (excluding diaryl/α,β-unsaturated/α-hetero) is 1. The Hall–Kier alpha value is -3.45. The molecule has 6 nitrogen and oxygen atoms in total. The quantitative estimate of drug-likeness (QED) is 0.476. The lowest BCUT2D eigenvalue weighted by Gasteiger charge is -2.12. The molecule has 29 heavy (non-hydrogen) atoms. The molecule has 2 aromatic carbocycles. The van der Waals surface area contributed by atoms with E-state index < -0.39 is 5.69 Å². The predicted octanol–water partition coefficient (Wildman–Crippen LogP) is 3.41. The number of ketones is 1. The molecule has 4 aromatic rings. The lowest BCUT2D eigenvalue weighted by atomic mass is 10.1. The van der Waals surface area contributed by atoms with E-state index in [1.165, 1.54) is 23.0 Å². The first-order valence-corrected chi connectivity index (χ1v) is 9.80. The lowest BCUT2D eigenvalue weighted by molar-refractivity contribution is 0.0971. The molecule has 0 fully saturated rings. The fraction of sp³-hybridized carbons (Fsp3) is 0.136. The Kier molecular flexibility index (Phi) is 4.90. The molecule has 0 spiro atoms. The SMILES string of the molecule is COc1cccc(C(=O)Cn2c(=O)n(-c3ccccc3)c(=O)c3cc(C)sc32)c1. The van der Waals surface area contributed by atoms with Crippen LogP contribution in [0.3, 0.4) is 0 Å². The fourth-order valence-electron chi connectivity index (χ4n) is 3.25. The Morgan fingerprint density at radius 1 is 1.03 bits per heavy atom. The number of hydrogen-bond acceptors (Lipinski definition) is 5. The van der Waals surface area contributed by atoms with Gasteiger partial charge in [-0.1, -0.05) is 30.3 Å². The minimum Gasteiger partial charge on any atom is -0.497 e. The highest BCUT2D eigenvalue weighted by atomic mass is 32.1. The lowest BCUT2D eigenvalue weighted by Crippen LogP contribution is -2.39. The zero-order valence-corrected chi connectivity index (χ0v) is 16.7. The largest absolute Gasteiger partial charge is 0.497 e. The summed E-state index contributed by atoms with van der Waals surface area (Å²) in [6, 6.07) is 17.3. The third-order valence-corrected chi connectivity index (χ3v) is 5.72. The maximum atomic E-state index is 13.3. The van der Waals surface area contributed by atoms with Crippen molar-refractivity contribution in [1.82, 2.24) is 9.13 Å². The molecule has 0 radical (unpaired) electrons. The minimum absolute atomic E-state index is 0.171. The maximum absolute atomic E-state index is 13.3. The highest BCUT2D eigenvalue weighted by molar-refractivity contribution is 7.18. The van der Waals surface area contributed by atoms with Gasteiger partial charge in [0.05, 0.1) is 24.7 Å². The molecule has 0 N–H and O–H groups in total. The summed E-state index contributed by atoms with van der Waals surface area (Å²) in [5.41, 5.74) is -0.0107. The van der Waals surface area contributed by atoms with Crippen molar-refractivity contribution >= 4 is 27.3 Å². The smallest absolute Gasteiger partial charge is 0.337 e. The van der Waals surface area contributed by atoms with Gasteiger partial charge in [-0.25, -0.2) is 9.36 Å². The van der Waals surface area contributed by atoms with E-state index >= 15 is 0 Å². The average molecular weight is 406 g/mol. The summed E-state index contributed by atoms with van der Waals surface area (Å²) in [7, 11) is 1.53. The molecule has 0 saturated carbocycles. The molecule has 2 heterocycles. The Morgan fingerprint density at radius 3 is 2.52 bits per heavy atom. The number of para-hydroxylation sites is 1. The molecule has 7 heteroatoms. The number of ether oxygens (including phenoxy) is 1. The monoisotopic (exact) mass is 406 g/mol. The minimum atomic E-state index is -0.535. The van der Waals surface area contributed by atoms with Crippen molar-refractivity contribution in [2.24, 2.45) is 0 Å². The summed E-state index contributed by atoms with van der Waals surface area (Å²) in [5.74, 6) is 0.325. The second kappa shape index (κ2) is 7.52. The van der Waals surface area contributed by atoms with Crippen molar-refractivity contribution in [3.8, 4) is 11.4 Å². The van der Waals surface area contributed by atoms with Gasteiger partial charge in [0.1, 0.15) is 10.6 Å². The standard InChI is InChI=1S/C22H18N2O4S/c1-14-11-18-20(26)24(16-8-4-3-5-9-16)22(27)23(21(18)29-14)13-19(25)15-7-6-10-17(12-15)28-2/h3-12H,13H2,1-2H3. The molecule has 0 aliphatic heterocycles. The average Bonchev–Trinajstić information content (AvgIpc) is 3.13. The number of fused-ring (bicyclic) bond motifs is 1. The van der Waals surface area contributed by atoms with Crippen LogP contribution in [-0.2, 0) is 6.54 Å².